The molecule has 4 nitrogen and oxygen atoms in total. The Bertz CT molecular complexity index is 817. The number of amides is 1. The van der Waals surface area contributed by atoms with Gasteiger partial charge in [-0.2, -0.15) is 0 Å². The molecule has 5 heteroatoms. The number of hydrogen-bond donors (Lipinski definition) is 0. The van der Waals surface area contributed by atoms with Gasteiger partial charge in [-0.1, -0.05) is 31.5 Å². The zero-order valence-corrected chi connectivity index (χ0v) is 17.9. The number of hydrogen-bond acceptors (Lipinski definition) is 4. The average Bonchev–Trinajstić information content (AvgIpc) is 3.15. The van der Waals surface area contributed by atoms with E-state index in [1.807, 2.05) is 11.8 Å². The zero-order chi connectivity index (χ0) is 19.5. The van der Waals surface area contributed by atoms with Gasteiger partial charge in [0, 0.05) is 24.7 Å². The van der Waals surface area contributed by atoms with E-state index in [9.17, 15) is 4.79 Å². The molecule has 0 bridgehead atoms. The Hall–Kier alpha value is -1.72. The SMILES string of the molecule is CCc1cccc(-c2nc(C)c(C(=O)N3CCC(N4CCCCC4)CC3)s2)c1. The summed E-state index contributed by atoms with van der Waals surface area (Å²) in [5.41, 5.74) is 3.29. The number of benzene rings is 1. The van der Waals surface area contributed by atoms with E-state index in [4.69, 9.17) is 4.98 Å². The van der Waals surface area contributed by atoms with Crippen molar-refractivity contribution in [1.29, 1.82) is 0 Å². The summed E-state index contributed by atoms with van der Waals surface area (Å²) in [7, 11) is 0. The molecule has 0 unspecified atom stereocenters. The van der Waals surface area contributed by atoms with Gasteiger partial charge < -0.3 is 9.80 Å². The highest BCUT2D eigenvalue weighted by Crippen LogP contribution is 2.30. The summed E-state index contributed by atoms with van der Waals surface area (Å²) in [5, 5.41) is 0.958. The van der Waals surface area contributed by atoms with Crippen molar-refractivity contribution < 1.29 is 4.79 Å². The second kappa shape index (κ2) is 8.75. The average molecular weight is 398 g/mol. The van der Waals surface area contributed by atoms with Crippen LogP contribution in [0.5, 0.6) is 0 Å². The van der Waals surface area contributed by atoms with Crippen LogP contribution in [-0.4, -0.2) is 52.9 Å². The number of aryl methyl sites for hydroxylation is 2. The van der Waals surface area contributed by atoms with Gasteiger partial charge in [-0.25, -0.2) is 4.98 Å². The van der Waals surface area contributed by atoms with Crippen LogP contribution in [0.3, 0.4) is 0 Å². The van der Waals surface area contributed by atoms with Gasteiger partial charge in [-0.3, -0.25) is 4.79 Å². The first-order valence-corrected chi connectivity index (χ1v) is 11.6. The number of rotatable bonds is 4. The molecule has 0 atom stereocenters. The third-order valence-corrected chi connectivity index (χ3v) is 7.43. The minimum Gasteiger partial charge on any atom is -0.338 e. The van der Waals surface area contributed by atoms with Crippen LogP contribution < -0.4 is 0 Å². The van der Waals surface area contributed by atoms with E-state index in [-0.39, 0.29) is 5.91 Å². The molecule has 1 amide bonds. The minimum absolute atomic E-state index is 0.171. The Morgan fingerprint density at radius 1 is 1.14 bits per heavy atom. The summed E-state index contributed by atoms with van der Waals surface area (Å²) in [6.45, 7) is 8.36. The van der Waals surface area contributed by atoms with Crippen molar-refractivity contribution in [3.05, 3.63) is 40.4 Å². The third kappa shape index (κ3) is 4.15. The number of likely N-dealkylation sites (tertiary alicyclic amines) is 2. The minimum atomic E-state index is 0.171. The molecular formula is C23H31N3OS. The maximum absolute atomic E-state index is 13.2. The summed E-state index contributed by atoms with van der Waals surface area (Å²) >= 11 is 1.55. The van der Waals surface area contributed by atoms with Crippen LogP contribution in [-0.2, 0) is 6.42 Å². The molecule has 1 aromatic carbocycles. The highest BCUT2D eigenvalue weighted by Gasteiger charge is 2.29. The van der Waals surface area contributed by atoms with E-state index < -0.39 is 0 Å². The van der Waals surface area contributed by atoms with E-state index >= 15 is 0 Å². The normalized spacial score (nSPS) is 19.1. The Morgan fingerprint density at radius 3 is 2.61 bits per heavy atom. The molecule has 2 aliphatic rings. The van der Waals surface area contributed by atoms with Crippen LogP contribution in [0.2, 0.25) is 0 Å². The van der Waals surface area contributed by atoms with Crippen molar-refractivity contribution in [1.82, 2.24) is 14.8 Å². The van der Waals surface area contributed by atoms with Crippen LogP contribution in [0.1, 0.15) is 60.0 Å². The monoisotopic (exact) mass is 397 g/mol. The molecule has 0 N–H and O–H groups in total. The van der Waals surface area contributed by atoms with E-state index in [2.05, 4.69) is 36.1 Å². The first kappa shape index (κ1) is 19.6. The second-order valence-corrected chi connectivity index (χ2v) is 9.11. The molecule has 2 aliphatic heterocycles. The number of thiazole rings is 1. The molecule has 2 fully saturated rings. The molecule has 3 heterocycles. The first-order valence-electron chi connectivity index (χ1n) is 10.8. The number of aromatic nitrogens is 1. The van der Waals surface area contributed by atoms with Crippen LogP contribution in [0.4, 0.5) is 0 Å². The molecule has 0 spiro atoms. The van der Waals surface area contributed by atoms with Gasteiger partial charge in [-0.15, -0.1) is 11.3 Å². The van der Waals surface area contributed by atoms with Gasteiger partial charge >= 0.3 is 0 Å². The van der Waals surface area contributed by atoms with Gasteiger partial charge in [0.15, 0.2) is 0 Å². The third-order valence-electron chi connectivity index (χ3n) is 6.23. The highest BCUT2D eigenvalue weighted by atomic mass is 32.1. The molecule has 150 valence electrons. The number of carbonyl (C=O) groups excluding carboxylic acids is 1. The van der Waals surface area contributed by atoms with Crippen molar-refractivity contribution in [3.8, 4) is 10.6 Å². The lowest BCUT2D eigenvalue weighted by Crippen LogP contribution is -2.48. The lowest BCUT2D eigenvalue weighted by Gasteiger charge is -2.40. The zero-order valence-electron chi connectivity index (χ0n) is 17.1. The quantitative estimate of drug-likeness (QED) is 0.745. The Labute approximate surface area is 172 Å². The molecule has 1 aromatic heterocycles. The lowest BCUT2D eigenvalue weighted by molar-refractivity contribution is 0.0593. The molecule has 0 aliphatic carbocycles. The van der Waals surface area contributed by atoms with Gasteiger partial charge in [0.2, 0.25) is 0 Å². The molecule has 4 rings (SSSR count). The smallest absolute Gasteiger partial charge is 0.265 e. The fourth-order valence-electron chi connectivity index (χ4n) is 4.50. The van der Waals surface area contributed by atoms with Crippen molar-refractivity contribution in [2.75, 3.05) is 26.2 Å². The predicted octanol–water partition coefficient (Wildman–Crippen LogP) is 4.77. The molecule has 0 radical (unpaired) electrons. The molecule has 0 saturated carbocycles. The van der Waals surface area contributed by atoms with E-state index in [0.717, 1.165) is 53.5 Å². The lowest BCUT2D eigenvalue weighted by atomic mass is 10.00. The fourth-order valence-corrected chi connectivity index (χ4v) is 5.53. The first-order chi connectivity index (χ1) is 13.7. The van der Waals surface area contributed by atoms with Crippen molar-refractivity contribution >= 4 is 17.2 Å². The summed E-state index contributed by atoms with van der Waals surface area (Å²) < 4.78 is 0. The second-order valence-electron chi connectivity index (χ2n) is 8.11. The van der Waals surface area contributed by atoms with E-state index in [0.29, 0.717) is 6.04 Å². The summed E-state index contributed by atoms with van der Waals surface area (Å²) in [4.78, 5) is 23.4. The summed E-state index contributed by atoms with van der Waals surface area (Å²) in [5.74, 6) is 0.171. The molecule has 28 heavy (non-hydrogen) atoms. The standard InChI is InChI=1S/C23H31N3OS/c1-3-18-8-7-9-19(16-18)22-24-17(2)21(28-22)23(27)26-14-10-20(11-15-26)25-12-5-4-6-13-25/h7-9,16,20H,3-6,10-15H2,1-2H3. The topological polar surface area (TPSA) is 36.4 Å². The highest BCUT2D eigenvalue weighted by molar-refractivity contribution is 7.17. The molecule has 2 aromatic rings. The summed E-state index contributed by atoms with van der Waals surface area (Å²) in [6.07, 6.45) is 7.27. The number of nitrogens with zero attached hydrogens (tertiary/aromatic N) is 3. The van der Waals surface area contributed by atoms with Crippen molar-refractivity contribution in [2.24, 2.45) is 0 Å². The van der Waals surface area contributed by atoms with Gasteiger partial charge in [0.05, 0.1) is 5.69 Å². The number of carbonyl (C=O) groups is 1. The van der Waals surface area contributed by atoms with Crippen molar-refractivity contribution in [2.45, 2.75) is 58.4 Å². The van der Waals surface area contributed by atoms with Gasteiger partial charge in [0.25, 0.3) is 5.91 Å². The van der Waals surface area contributed by atoms with Gasteiger partial charge in [-0.05, 0) is 63.7 Å². The largest absolute Gasteiger partial charge is 0.338 e. The van der Waals surface area contributed by atoms with E-state index in [1.165, 1.54) is 37.9 Å². The fraction of sp³-hybridized carbons (Fsp3) is 0.565. The maximum atomic E-state index is 13.2. The van der Waals surface area contributed by atoms with Crippen LogP contribution in [0, 0.1) is 6.92 Å². The van der Waals surface area contributed by atoms with Gasteiger partial charge in [0.1, 0.15) is 9.88 Å². The Balaban J connectivity index is 1.43. The van der Waals surface area contributed by atoms with Crippen LogP contribution in [0.25, 0.3) is 10.6 Å². The molecular weight excluding hydrogens is 366 g/mol. The maximum Gasteiger partial charge on any atom is 0.265 e. The van der Waals surface area contributed by atoms with Crippen LogP contribution in [0.15, 0.2) is 24.3 Å². The van der Waals surface area contributed by atoms with Crippen molar-refractivity contribution in [3.63, 3.8) is 0 Å². The summed E-state index contributed by atoms with van der Waals surface area (Å²) in [6, 6.07) is 9.17. The van der Waals surface area contributed by atoms with E-state index in [1.54, 1.807) is 11.3 Å². The Morgan fingerprint density at radius 2 is 1.89 bits per heavy atom. The predicted molar refractivity (Wildman–Crippen MR) is 116 cm³/mol. The number of piperidine rings is 2. The van der Waals surface area contributed by atoms with Crippen LogP contribution >= 0.6 is 11.3 Å². The molecule has 2 saturated heterocycles. The Kier molecular flexibility index (Phi) is 6.12.